The second-order valence-corrected chi connectivity index (χ2v) is 7.26. The van der Waals surface area contributed by atoms with Crippen molar-refractivity contribution in [2.75, 3.05) is 27.7 Å². The number of hydrogen-bond donors (Lipinski definition) is 2. The van der Waals surface area contributed by atoms with Crippen LogP contribution in [-0.2, 0) is 13.0 Å². The van der Waals surface area contributed by atoms with Gasteiger partial charge in [0.1, 0.15) is 5.82 Å². The van der Waals surface area contributed by atoms with E-state index in [0.29, 0.717) is 30.3 Å². The number of halogens is 1. The van der Waals surface area contributed by atoms with E-state index in [9.17, 15) is 9.18 Å². The molecule has 2 aromatic carbocycles. The fourth-order valence-corrected chi connectivity index (χ4v) is 3.12. The van der Waals surface area contributed by atoms with Gasteiger partial charge in [-0.1, -0.05) is 18.2 Å². The molecular formula is C23H27FN6O. The molecule has 2 N–H and O–H groups in total. The van der Waals surface area contributed by atoms with Crippen molar-refractivity contribution in [3.63, 3.8) is 0 Å². The molecule has 0 unspecified atom stereocenters. The molecule has 31 heavy (non-hydrogen) atoms. The Hall–Kier alpha value is -3.68. The number of amides is 1. The van der Waals surface area contributed by atoms with Crippen LogP contribution in [0.15, 0.2) is 66.2 Å². The average Bonchev–Trinajstić information content (AvgIpc) is 3.30. The molecule has 8 heteroatoms. The first kappa shape index (κ1) is 22.0. The van der Waals surface area contributed by atoms with E-state index in [4.69, 9.17) is 0 Å². The van der Waals surface area contributed by atoms with Crippen LogP contribution in [0.2, 0.25) is 0 Å². The Kier molecular flexibility index (Phi) is 7.37. The SMILES string of the molecule is CN=C(NCCc1cccc(C(=O)N(C)C)c1)NCc1ccc(-n2ccnc2)c(F)c1. The number of nitrogens with one attached hydrogen (secondary N) is 2. The largest absolute Gasteiger partial charge is 0.356 e. The lowest BCUT2D eigenvalue weighted by Gasteiger charge is -2.14. The third-order valence-corrected chi connectivity index (χ3v) is 4.76. The number of carbonyl (C=O) groups is 1. The van der Waals surface area contributed by atoms with Gasteiger partial charge in [-0.05, 0) is 41.8 Å². The summed E-state index contributed by atoms with van der Waals surface area (Å²) in [4.78, 5) is 21.8. The molecule has 7 nitrogen and oxygen atoms in total. The summed E-state index contributed by atoms with van der Waals surface area (Å²) >= 11 is 0. The minimum atomic E-state index is -0.313. The molecule has 0 spiro atoms. The predicted molar refractivity (Wildman–Crippen MR) is 120 cm³/mol. The molecule has 0 aliphatic heterocycles. The van der Waals surface area contributed by atoms with Crippen molar-refractivity contribution in [2.24, 2.45) is 4.99 Å². The van der Waals surface area contributed by atoms with Gasteiger partial charge in [-0.15, -0.1) is 0 Å². The third-order valence-electron chi connectivity index (χ3n) is 4.76. The summed E-state index contributed by atoms with van der Waals surface area (Å²) in [6.45, 7) is 1.08. The fourth-order valence-electron chi connectivity index (χ4n) is 3.12. The standard InChI is InChI=1S/C23H27FN6O/c1-25-23(27-10-9-17-5-4-6-19(13-17)22(31)29(2)3)28-15-18-7-8-21(20(24)14-18)30-12-11-26-16-30/h4-8,11-14,16H,9-10,15H2,1-3H3,(H2,25,27,28). The number of carbonyl (C=O) groups excluding carboxylic acids is 1. The Morgan fingerprint density at radius 1 is 1.16 bits per heavy atom. The second-order valence-electron chi connectivity index (χ2n) is 7.26. The summed E-state index contributed by atoms with van der Waals surface area (Å²) in [5, 5.41) is 6.44. The maximum absolute atomic E-state index is 14.4. The van der Waals surface area contributed by atoms with Crippen LogP contribution in [0.3, 0.4) is 0 Å². The van der Waals surface area contributed by atoms with E-state index >= 15 is 0 Å². The van der Waals surface area contributed by atoms with Crippen molar-refractivity contribution >= 4 is 11.9 Å². The Labute approximate surface area is 181 Å². The molecule has 1 heterocycles. The molecule has 1 aromatic heterocycles. The maximum atomic E-state index is 14.4. The Bertz CT molecular complexity index is 1050. The van der Waals surface area contributed by atoms with Gasteiger partial charge in [0.15, 0.2) is 5.96 Å². The van der Waals surface area contributed by atoms with Gasteiger partial charge in [0.05, 0.1) is 12.0 Å². The Morgan fingerprint density at radius 2 is 2.00 bits per heavy atom. The zero-order valence-electron chi connectivity index (χ0n) is 18.0. The number of rotatable bonds is 7. The van der Waals surface area contributed by atoms with Gasteiger partial charge in [0, 0.05) is 52.2 Å². The van der Waals surface area contributed by atoms with E-state index in [2.05, 4.69) is 20.6 Å². The van der Waals surface area contributed by atoms with Crippen molar-refractivity contribution in [2.45, 2.75) is 13.0 Å². The number of hydrogen-bond acceptors (Lipinski definition) is 3. The van der Waals surface area contributed by atoms with Crippen molar-refractivity contribution in [1.82, 2.24) is 25.1 Å². The molecule has 0 aliphatic rings. The highest BCUT2D eigenvalue weighted by Crippen LogP contribution is 2.15. The first-order chi connectivity index (χ1) is 15.0. The first-order valence-electron chi connectivity index (χ1n) is 10.00. The van der Waals surface area contributed by atoms with Crippen molar-refractivity contribution in [1.29, 1.82) is 0 Å². The number of imidazole rings is 1. The van der Waals surface area contributed by atoms with Crippen LogP contribution < -0.4 is 10.6 Å². The van der Waals surface area contributed by atoms with Gasteiger partial charge in [-0.3, -0.25) is 9.79 Å². The van der Waals surface area contributed by atoms with E-state index < -0.39 is 0 Å². The summed E-state index contributed by atoms with van der Waals surface area (Å²) in [6.07, 6.45) is 5.62. The van der Waals surface area contributed by atoms with E-state index in [1.54, 1.807) is 55.4 Å². The monoisotopic (exact) mass is 422 g/mol. The molecule has 0 bridgehead atoms. The van der Waals surface area contributed by atoms with Gasteiger partial charge in [-0.2, -0.15) is 0 Å². The van der Waals surface area contributed by atoms with Crippen molar-refractivity contribution in [3.8, 4) is 5.69 Å². The zero-order chi connectivity index (χ0) is 22.2. The summed E-state index contributed by atoms with van der Waals surface area (Å²) < 4.78 is 16.0. The van der Waals surface area contributed by atoms with E-state index in [0.717, 1.165) is 17.5 Å². The number of nitrogens with zero attached hydrogens (tertiary/aromatic N) is 4. The van der Waals surface area contributed by atoms with Gasteiger partial charge in [0.25, 0.3) is 5.91 Å². The van der Waals surface area contributed by atoms with E-state index in [1.807, 2.05) is 30.3 Å². The first-order valence-corrected chi connectivity index (χ1v) is 10.00. The molecule has 0 fully saturated rings. The highest BCUT2D eigenvalue weighted by molar-refractivity contribution is 5.94. The molecule has 0 atom stereocenters. The highest BCUT2D eigenvalue weighted by atomic mass is 19.1. The van der Waals surface area contributed by atoms with Crippen molar-refractivity contribution < 1.29 is 9.18 Å². The molecule has 3 rings (SSSR count). The third kappa shape index (κ3) is 5.91. The Morgan fingerprint density at radius 3 is 2.68 bits per heavy atom. The van der Waals surface area contributed by atoms with E-state index in [-0.39, 0.29) is 11.7 Å². The molecule has 0 saturated heterocycles. The van der Waals surface area contributed by atoms with Crippen LogP contribution in [-0.4, -0.2) is 54.0 Å². The number of guanidine groups is 1. The van der Waals surface area contributed by atoms with Gasteiger partial charge in [-0.25, -0.2) is 9.37 Å². The normalized spacial score (nSPS) is 11.3. The second kappa shape index (κ2) is 10.4. The lowest BCUT2D eigenvalue weighted by atomic mass is 10.1. The van der Waals surface area contributed by atoms with Crippen LogP contribution in [0.25, 0.3) is 5.69 Å². The lowest BCUT2D eigenvalue weighted by Crippen LogP contribution is -2.37. The molecular weight excluding hydrogens is 395 g/mol. The zero-order valence-corrected chi connectivity index (χ0v) is 18.0. The van der Waals surface area contributed by atoms with Crippen LogP contribution in [0.4, 0.5) is 4.39 Å². The number of aromatic nitrogens is 2. The minimum absolute atomic E-state index is 0.0152. The van der Waals surface area contributed by atoms with Gasteiger partial charge < -0.3 is 20.1 Å². The number of benzene rings is 2. The summed E-state index contributed by atoms with van der Waals surface area (Å²) in [5.74, 6) is 0.297. The topological polar surface area (TPSA) is 74.6 Å². The van der Waals surface area contributed by atoms with E-state index in [1.165, 1.54) is 6.07 Å². The summed E-state index contributed by atoms with van der Waals surface area (Å²) in [5.41, 5.74) is 3.00. The predicted octanol–water partition coefficient (Wildman–Crippen LogP) is 2.62. The number of aliphatic imine (C=N–C) groups is 1. The van der Waals surface area contributed by atoms with Gasteiger partial charge >= 0.3 is 0 Å². The van der Waals surface area contributed by atoms with Gasteiger partial charge in [0.2, 0.25) is 0 Å². The van der Waals surface area contributed by atoms with Crippen LogP contribution in [0.5, 0.6) is 0 Å². The van der Waals surface area contributed by atoms with Crippen LogP contribution in [0.1, 0.15) is 21.5 Å². The molecule has 162 valence electrons. The average molecular weight is 423 g/mol. The quantitative estimate of drug-likeness (QED) is 0.453. The summed E-state index contributed by atoms with van der Waals surface area (Å²) in [7, 11) is 5.17. The molecule has 3 aromatic rings. The lowest BCUT2D eigenvalue weighted by molar-refractivity contribution is 0.0827. The fraction of sp³-hybridized carbons (Fsp3) is 0.261. The molecule has 0 radical (unpaired) electrons. The molecule has 0 saturated carbocycles. The molecule has 0 aliphatic carbocycles. The highest BCUT2D eigenvalue weighted by Gasteiger charge is 2.09. The Balaban J connectivity index is 1.51. The summed E-state index contributed by atoms with van der Waals surface area (Å²) in [6, 6.07) is 12.7. The van der Waals surface area contributed by atoms with Crippen molar-refractivity contribution in [3.05, 3.63) is 83.7 Å². The van der Waals surface area contributed by atoms with Crippen LogP contribution >= 0.6 is 0 Å². The maximum Gasteiger partial charge on any atom is 0.253 e. The van der Waals surface area contributed by atoms with Crippen LogP contribution in [0, 0.1) is 5.82 Å². The smallest absolute Gasteiger partial charge is 0.253 e. The molecule has 1 amide bonds. The minimum Gasteiger partial charge on any atom is -0.356 e.